The molecule has 6 nitrogen and oxygen atoms in total. The van der Waals surface area contributed by atoms with Crippen LogP contribution in [0.15, 0.2) is 41.3 Å². The first kappa shape index (κ1) is 20.5. The van der Waals surface area contributed by atoms with Crippen molar-refractivity contribution in [1.29, 1.82) is 0 Å². The van der Waals surface area contributed by atoms with E-state index in [0.29, 0.717) is 29.0 Å². The van der Waals surface area contributed by atoms with Crippen molar-refractivity contribution in [2.45, 2.75) is 37.6 Å². The maximum absolute atomic E-state index is 14.4. The molecule has 8 heteroatoms. The van der Waals surface area contributed by atoms with Crippen molar-refractivity contribution in [2.75, 3.05) is 22.6 Å². The van der Waals surface area contributed by atoms with E-state index in [9.17, 15) is 22.4 Å². The number of sulfone groups is 1. The van der Waals surface area contributed by atoms with Crippen LogP contribution in [0, 0.1) is 11.7 Å². The van der Waals surface area contributed by atoms with Crippen molar-refractivity contribution in [3.8, 4) is 11.1 Å². The number of carbonyl (C=O) groups excluding carboxylic acids is 2. The van der Waals surface area contributed by atoms with E-state index in [1.807, 2.05) is 6.92 Å². The molecule has 1 aliphatic carbocycles. The molecule has 0 N–H and O–H groups in total. The summed E-state index contributed by atoms with van der Waals surface area (Å²) in [7, 11) is -3.66. The summed E-state index contributed by atoms with van der Waals surface area (Å²) in [6.45, 7) is 3.79. The Balaban J connectivity index is 1.82. The molecule has 2 aromatic rings. The SMILES string of the molecule is CC(=O)N1c2ccc(-c3ccc(S(C)(=O)=O)c(F)c3)cc2N(C(=O)C2CC2)CC1C. The highest BCUT2D eigenvalue weighted by molar-refractivity contribution is 7.90. The van der Waals surface area contributed by atoms with E-state index >= 15 is 0 Å². The lowest BCUT2D eigenvalue weighted by Gasteiger charge is -2.41. The minimum Gasteiger partial charge on any atom is -0.308 e. The Morgan fingerprint density at radius 3 is 2.23 bits per heavy atom. The quantitative estimate of drug-likeness (QED) is 0.748. The van der Waals surface area contributed by atoms with E-state index in [2.05, 4.69) is 0 Å². The maximum atomic E-state index is 14.4. The van der Waals surface area contributed by atoms with Gasteiger partial charge in [-0.2, -0.15) is 0 Å². The third-order valence-corrected chi connectivity index (χ3v) is 6.74. The fourth-order valence-electron chi connectivity index (χ4n) is 4.03. The Morgan fingerprint density at radius 1 is 1.03 bits per heavy atom. The molecule has 0 bridgehead atoms. The number of carbonyl (C=O) groups is 2. The number of fused-ring (bicyclic) bond motifs is 1. The largest absolute Gasteiger partial charge is 0.308 e. The lowest BCUT2D eigenvalue weighted by atomic mass is 10.00. The van der Waals surface area contributed by atoms with Gasteiger partial charge in [-0.25, -0.2) is 12.8 Å². The summed E-state index contributed by atoms with van der Waals surface area (Å²) in [5.74, 6) is -0.873. The molecule has 1 heterocycles. The van der Waals surface area contributed by atoms with Gasteiger partial charge in [-0.3, -0.25) is 9.59 Å². The molecule has 1 aliphatic heterocycles. The molecular formula is C22H23FN2O4S. The second-order valence-electron chi connectivity index (χ2n) is 8.08. The molecule has 0 spiro atoms. The summed E-state index contributed by atoms with van der Waals surface area (Å²) in [4.78, 5) is 28.2. The van der Waals surface area contributed by atoms with E-state index in [0.717, 1.165) is 19.1 Å². The van der Waals surface area contributed by atoms with Gasteiger partial charge < -0.3 is 9.80 Å². The smallest absolute Gasteiger partial charge is 0.230 e. The highest BCUT2D eigenvalue weighted by atomic mass is 32.2. The molecular weight excluding hydrogens is 407 g/mol. The number of amides is 2. The lowest BCUT2D eigenvalue weighted by Crippen LogP contribution is -2.51. The van der Waals surface area contributed by atoms with E-state index in [1.165, 1.54) is 19.1 Å². The molecule has 2 aromatic carbocycles. The standard InChI is InChI=1S/C22H23FN2O4S/c1-13-12-24(22(27)15-4-5-15)20-11-17(6-8-19(20)25(13)14(2)26)16-7-9-21(18(23)10-16)30(3,28)29/h6-11,13,15H,4-5,12H2,1-3H3. The lowest BCUT2D eigenvalue weighted by molar-refractivity contribution is -0.120. The number of hydrogen-bond acceptors (Lipinski definition) is 4. The van der Waals surface area contributed by atoms with Crippen LogP contribution in [0.2, 0.25) is 0 Å². The molecule has 0 radical (unpaired) electrons. The van der Waals surface area contributed by atoms with E-state index < -0.39 is 15.7 Å². The van der Waals surface area contributed by atoms with Gasteiger partial charge in [0.25, 0.3) is 0 Å². The monoisotopic (exact) mass is 430 g/mol. The first-order valence-electron chi connectivity index (χ1n) is 9.83. The molecule has 30 heavy (non-hydrogen) atoms. The van der Waals surface area contributed by atoms with Gasteiger partial charge in [0.1, 0.15) is 10.7 Å². The molecule has 1 saturated carbocycles. The Bertz CT molecular complexity index is 1160. The number of anilines is 2. The number of hydrogen-bond donors (Lipinski definition) is 0. The molecule has 0 saturated heterocycles. The van der Waals surface area contributed by atoms with Gasteiger partial charge >= 0.3 is 0 Å². The van der Waals surface area contributed by atoms with Crippen molar-refractivity contribution in [2.24, 2.45) is 5.92 Å². The van der Waals surface area contributed by atoms with Crippen LogP contribution >= 0.6 is 0 Å². The van der Waals surface area contributed by atoms with Crippen LogP contribution in [0.1, 0.15) is 26.7 Å². The first-order valence-corrected chi connectivity index (χ1v) is 11.7. The summed E-state index contributed by atoms with van der Waals surface area (Å²) < 4.78 is 37.8. The molecule has 158 valence electrons. The number of halogens is 1. The molecule has 1 atom stereocenters. The van der Waals surface area contributed by atoms with E-state index in [4.69, 9.17) is 0 Å². The predicted octanol–water partition coefficient (Wildman–Crippen LogP) is 3.39. The van der Waals surface area contributed by atoms with Crippen molar-refractivity contribution < 1.29 is 22.4 Å². The molecule has 0 aromatic heterocycles. The third-order valence-electron chi connectivity index (χ3n) is 5.61. The van der Waals surface area contributed by atoms with Gasteiger partial charge in [0.05, 0.1) is 17.4 Å². The Kier molecular flexibility index (Phi) is 4.92. The third kappa shape index (κ3) is 3.60. The van der Waals surface area contributed by atoms with E-state index in [1.54, 1.807) is 34.1 Å². The van der Waals surface area contributed by atoms with Crippen molar-refractivity contribution in [1.82, 2.24) is 0 Å². The number of benzene rings is 2. The van der Waals surface area contributed by atoms with Crippen LogP contribution < -0.4 is 9.80 Å². The van der Waals surface area contributed by atoms with Crippen molar-refractivity contribution >= 4 is 33.0 Å². The van der Waals surface area contributed by atoms with Crippen LogP contribution in [0.4, 0.5) is 15.8 Å². The Hall–Kier alpha value is -2.74. The average Bonchev–Trinajstić information content (AvgIpc) is 3.50. The Morgan fingerprint density at radius 2 is 1.67 bits per heavy atom. The van der Waals surface area contributed by atoms with Crippen LogP contribution in [0.3, 0.4) is 0 Å². The van der Waals surface area contributed by atoms with Gasteiger partial charge in [0.2, 0.25) is 11.8 Å². The first-order chi connectivity index (χ1) is 14.1. The van der Waals surface area contributed by atoms with Crippen molar-refractivity contribution in [3.05, 3.63) is 42.2 Å². The number of rotatable bonds is 3. The van der Waals surface area contributed by atoms with Gasteiger partial charge in [0, 0.05) is 25.6 Å². The van der Waals surface area contributed by atoms with Gasteiger partial charge in [0.15, 0.2) is 9.84 Å². The van der Waals surface area contributed by atoms with Gasteiger partial charge in [-0.05, 0) is 55.2 Å². The summed E-state index contributed by atoms with van der Waals surface area (Å²) in [5.41, 5.74) is 2.39. The highest BCUT2D eigenvalue weighted by Crippen LogP contribution is 2.42. The highest BCUT2D eigenvalue weighted by Gasteiger charge is 2.39. The zero-order chi connectivity index (χ0) is 21.8. The van der Waals surface area contributed by atoms with Crippen LogP contribution in [0.5, 0.6) is 0 Å². The second-order valence-corrected chi connectivity index (χ2v) is 10.1. The van der Waals surface area contributed by atoms with Gasteiger partial charge in [-0.15, -0.1) is 0 Å². The second kappa shape index (κ2) is 7.19. The summed E-state index contributed by atoms with van der Waals surface area (Å²) in [5, 5.41) is 0. The molecule has 1 fully saturated rings. The van der Waals surface area contributed by atoms with Crippen LogP contribution in [-0.2, 0) is 19.4 Å². The van der Waals surface area contributed by atoms with Crippen LogP contribution in [0.25, 0.3) is 11.1 Å². The number of nitrogens with zero attached hydrogens (tertiary/aromatic N) is 2. The molecule has 2 amide bonds. The molecule has 1 unspecified atom stereocenters. The van der Waals surface area contributed by atoms with E-state index in [-0.39, 0.29) is 28.7 Å². The van der Waals surface area contributed by atoms with Gasteiger partial charge in [-0.1, -0.05) is 12.1 Å². The minimum atomic E-state index is -3.66. The fraction of sp³-hybridized carbons (Fsp3) is 0.364. The topological polar surface area (TPSA) is 74.8 Å². The minimum absolute atomic E-state index is 0.0177. The maximum Gasteiger partial charge on any atom is 0.230 e. The fourth-order valence-corrected chi connectivity index (χ4v) is 4.75. The zero-order valence-corrected chi connectivity index (χ0v) is 17.9. The molecule has 2 aliphatic rings. The van der Waals surface area contributed by atoms with Crippen molar-refractivity contribution in [3.63, 3.8) is 0 Å². The van der Waals surface area contributed by atoms with Crippen LogP contribution in [-0.4, -0.2) is 39.1 Å². The Labute approximate surface area is 175 Å². The average molecular weight is 431 g/mol. The zero-order valence-electron chi connectivity index (χ0n) is 17.1. The normalized spacial score (nSPS) is 18.9. The summed E-state index contributed by atoms with van der Waals surface area (Å²) >= 11 is 0. The molecule has 4 rings (SSSR count). The predicted molar refractivity (Wildman–Crippen MR) is 113 cm³/mol. The summed E-state index contributed by atoms with van der Waals surface area (Å²) in [6.07, 6.45) is 2.70. The summed E-state index contributed by atoms with van der Waals surface area (Å²) in [6, 6.07) is 9.10.